The summed E-state index contributed by atoms with van der Waals surface area (Å²) < 4.78 is 1.64. The van der Waals surface area contributed by atoms with Crippen LogP contribution in [0.4, 0.5) is 11.8 Å². The number of anilines is 2. The van der Waals surface area contributed by atoms with E-state index < -0.39 is 0 Å². The standard InChI is InChI=1S/C17H21N9O/c1-13-11-14(26-17(23-13)21-12-22-26)18-6-3-15(27)24-7-9-25(10-8-24)16-19-4-2-5-20-16/h2,4-5,11-12,18H,3,6-10H2,1H3. The second-order valence-corrected chi connectivity index (χ2v) is 6.35. The number of aromatic nitrogens is 6. The first-order valence-corrected chi connectivity index (χ1v) is 8.92. The molecule has 27 heavy (non-hydrogen) atoms. The van der Waals surface area contributed by atoms with Gasteiger partial charge in [0.1, 0.15) is 12.1 Å². The summed E-state index contributed by atoms with van der Waals surface area (Å²) in [7, 11) is 0. The predicted octanol–water partition coefficient (Wildman–Crippen LogP) is 0.374. The van der Waals surface area contributed by atoms with Crippen molar-refractivity contribution < 1.29 is 4.79 Å². The molecule has 4 rings (SSSR count). The van der Waals surface area contributed by atoms with E-state index in [1.807, 2.05) is 17.9 Å². The molecule has 140 valence electrons. The van der Waals surface area contributed by atoms with Gasteiger partial charge < -0.3 is 15.1 Å². The van der Waals surface area contributed by atoms with Gasteiger partial charge in [-0.15, -0.1) is 0 Å². The van der Waals surface area contributed by atoms with Gasteiger partial charge >= 0.3 is 0 Å². The molecule has 3 aromatic heterocycles. The lowest BCUT2D eigenvalue weighted by atomic mass is 10.3. The lowest BCUT2D eigenvalue weighted by molar-refractivity contribution is -0.131. The van der Waals surface area contributed by atoms with Gasteiger partial charge in [-0.3, -0.25) is 4.79 Å². The molecule has 10 heteroatoms. The third-order valence-corrected chi connectivity index (χ3v) is 4.49. The fourth-order valence-electron chi connectivity index (χ4n) is 3.12. The molecule has 0 radical (unpaired) electrons. The summed E-state index contributed by atoms with van der Waals surface area (Å²) >= 11 is 0. The van der Waals surface area contributed by atoms with Gasteiger partial charge in [-0.1, -0.05) is 0 Å². The van der Waals surface area contributed by atoms with Gasteiger partial charge in [0.2, 0.25) is 11.9 Å². The number of carbonyl (C=O) groups is 1. The number of nitrogens with zero attached hydrogens (tertiary/aromatic N) is 8. The molecular weight excluding hydrogens is 346 g/mol. The summed E-state index contributed by atoms with van der Waals surface area (Å²) in [5.74, 6) is 2.19. The Morgan fingerprint density at radius 1 is 1.15 bits per heavy atom. The van der Waals surface area contributed by atoms with Gasteiger partial charge in [0, 0.05) is 63.3 Å². The third-order valence-electron chi connectivity index (χ3n) is 4.49. The molecule has 3 aromatic rings. The van der Waals surface area contributed by atoms with Crippen molar-refractivity contribution >= 4 is 23.5 Å². The van der Waals surface area contributed by atoms with E-state index in [4.69, 9.17) is 0 Å². The van der Waals surface area contributed by atoms with Gasteiger partial charge in [-0.25, -0.2) is 15.0 Å². The van der Waals surface area contributed by atoms with Crippen LogP contribution in [0.2, 0.25) is 0 Å². The van der Waals surface area contributed by atoms with Crippen molar-refractivity contribution in [2.45, 2.75) is 13.3 Å². The van der Waals surface area contributed by atoms with Crippen LogP contribution in [0.15, 0.2) is 30.9 Å². The van der Waals surface area contributed by atoms with Crippen molar-refractivity contribution in [1.82, 2.24) is 34.4 Å². The molecule has 0 spiro atoms. The SMILES string of the molecule is Cc1cc(NCCC(=O)N2CCN(c3ncccn3)CC2)n2ncnc2n1. The molecular formula is C17H21N9O. The van der Waals surface area contributed by atoms with Crippen LogP contribution in [0.1, 0.15) is 12.1 Å². The summed E-state index contributed by atoms with van der Waals surface area (Å²) in [5.41, 5.74) is 0.851. The van der Waals surface area contributed by atoms with Gasteiger partial charge in [0.25, 0.3) is 5.78 Å². The predicted molar refractivity (Wildman–Crippen MR) is 99.5 cm³/mol. The van der Waals surface area contributed by atoms with Crippen LogP contribution in [0, 0.1) is 6.92 Å². The Bertz CT molecular complexity index is 919. The van der Waals surface area contributed by atoms with E-state index in [0.29, 0.717) is 31.8 Å². The van der Waals surface area contributed by atoms with Crippen LogP contribution >= 0.6 is 0 Å². The number of fused-ring (bicyclic) bond motifs is 1. The number of carbonyl (C=O) groups excluding carboxylic acids is 1. The monoisotopic (exact) mass is 367 g/mol. The molecule has 1 aliphatic rings. The molecule has 0 atom stereocenters. The highest BCUT2D eigenvalue weighted by Crippen LogP contribution is 2.12. The Hall–Kier alpha value is -3.30. The Labute approximate surface area is 156 Å². The van der Waals surface area contributed by atoms with Crippen molar-refractivity contribution in [2.24, 2.45) is 0 Å². The van der Waals surface area contributed by atoms with Crippen LogP contribution < -0.4 is 10.2 Å². The van der Waals surface area contributed by atoms with E-state index in [-0.39, 0.29) is 5.91 Å². The average Bonchev–Trinajstić information content (AvgIpc) is 3.17. The quantitative estimate of drug-likeness (QED) is 0.690. The largest absolute Gasteiger partial charge is 0.369 e. The molecule has 1 saturated heterocycles. The van der Waals surface area contributed by atoms with Crippen molar-refractivity contribution in [3.05, 3.63) is 36.5 Å². The first kappa shape index (κ1) is 17.1. The van der Waals surface area contributed by atoms with Gasteiger partial charge in [-0.05, 0) is 13.0 Å². The molecule has 1 aliphatic heterocycles. The summed E-state index contributed by atoms with van der Waals surface area (Å²) in [6.45, 7) is 5.27. The lowest BCUT2D eigenvalue weighted by Gasteiger charge is -2.34. The second kappa shape index (κ2) is 7.52. The van der Waals surface area contributed by atoms with Crippen LogP contribution in [0.25, 0.3) is 5.78 Å². The number of hydrogen-bond donors (Lipinski definition) is 1. The maximum atomic E-state index is 12.5. The Morgan fingerprint density at radius 2 is 1.93 bits per heavy atom. The molecule has 0 bridgehead atoms. The van der Waals surface area contributed by atoms with Crippen LogP contribution in [-0.2, 0) is 4.79 Å². The fraction of sp³-hybridized carbons (Fsp3) is 0.412. The summed E-state index contributed by atoms with van der Waals surface area (Å²) in [5, 5.41) is 7.41. The molecule has 0 saturated carbocycles. The average molecular weight is 367 g/mol. The number of piperazine rings is 1. The van der Waals surface area contributed by atoms with Gasteiger partial charge in [-0.2, -0.15) is 14.6 Å². The van der Waals surface area contributed by atoms with E-state index >= 15 is 0 Å². The summed E-state index contributed by atoms with van der Waals surface area (Å²) in [4.78, 5) is 33.4. The van der Waals surface area contributed by atoms with E-state index in [0.717, 1.165) is 30.5 Å². The van der Waals surface area contributed by atoms with Crippen LogP contribution in [0.3, 0.4) is 0 Å². The highest BCUT2D eigenvalue weighted by Gasteiger charge is 2.22. The second-order valence-electron chi connectivity index (χ2n) is 6.35. The van der Waals surface area contributed by atoms with E-state index in [2.05, 4.69) is 35.3 Å². The zero-order chi connectivity index (χ0) is 18.6. The Kier molecular flexibility index (Phi) is 4.77. The zero-order valence-electron chi connectivity index (χ0n) is 15.1. The minimum atomic E-state index is 0.136. The summed E-state index contributed by atoms with van der Waals surface area (Å²) in [6.07, 6.45) is 5.35. The maximum Gasteiger partial charge on any atom is 0.254 e. The molecule has 1 amide bonds. The van der Waals surface area contributed by atoms with Crippen molar-refractivity contribution in [2.75, 3.05) is 42.9 Å². The number of hydrogen-bond acceptors (Lipinski definition) is 8. The number of rotatable bonds is 5. The normalized spacial score (nSPS) is 14.6. The van der Waals surface area contributed by atoms with Crippen LogP contribution in [-0.4, -0.2) is 73.1 Å². The van der Waals surface area contributed by atoms with Gasteiger partial charge in [0.05, 0.1) is 0 Å². The van der Waals surface area contributed by atoms with Crippen LogP contribution in [0.5, 0.6) is 0 Å². The van der Waals surface area contributed by atoms with E-state index in [9.17, 15) is 4.79 Å². The minimum absolute atomic E-state index is 0.136. The molecule has 1 fully saturated rings. The van der Waals surface area contributed by atoms with Crippen molar-refractivity contribution in [3.63, 3.8) is 0 Å². The number of aryl methyl sites for hydroxylation is 1. The minimum Gasteiger partial charge on any atom is -0.369 e. The fourth-order valence-corrected chi connectivity index (χ4v) is 3.12. The highest BCUT2D eigenvalue weighted by molar-refractivity contribution is 5.77. The third kappa shape index (κ3) is 3.78. The highest BCUT2D eigenvalue weighted by atomic mass is 16.2. The molecule has 1 N–H and O–H groups in total. The smallest absolute Gasteiger partial charge is 0.254 e. The Morgan fingerprint density at radius 3 is 2.70 bits per heavy atom. The van der Waals surface area contributed by atoms with Crippen molar-refractivity contribution in [3.8, 4) is 0 Å². The lowest BCUT2D eigenvalue weighted by Crippen LogP contribution is -2.49. The molecule has 4 heterocycles. The first-order valence-electron chi connectivity index (χ1n) is 8.92. The maximum absolute atomic E-state index is 12.5. The van der Waals surface area contributed by atoms with Crippen molar-refractivity contribution in [1.29, 1.82) is 0 Å². The zero-order valence-corrected chi connectivity index (χ0v) is 15.1. The topological polar surface area (TPSA) is 104 Å². The Balaban J connectivity index is 1.28. The molecule has 0 aromatic carbocycles. The molecule has 10 nitrogen and oxygen atoms in total. The first-order chi connectivity index (χ1) is 13.2. The van der Waals surface area contributed by atoms with Gasteiger partial charge in [0.15, 0.2) is 0 Å². The van der Waals surface area contributed by atoms with E-state index in [1.165, 1.54) is 6.33 Å². The number of nitrogens with one attached hydrogen (secondary N) is 1. The summed E-state index contributed by atoms with van der Waals surface area (Å²) in [6, 6.07) is 3.69. The van der Waals surface area contributed by atoms with E-state index in [1.54, 1.807) is 23.0 Å². The molecule has 0 aliphatic carbocycles. The number of amides is 1. The molecule has 0 unspecified atom stereocenters.